The standard InChI is InChI=1S/C23H23F3N2O3S/c1-14-11-18(9-10-19(14)31-13-21(29)30-4)28(3)15(2)20-12-27-22(32-20)16-5-7-17(8-6-16)23(24,25)26/h5-12,15H,13H2,1-4H3/t15-/m1/s1. The number of nitrogens with zero attached hydrogens (tertiary/aromatic N) is 2. The molecule has 0 bridgehead atoms. The number of rotatable bonds is 7. The average molecular weight is 465 g/mol. The topological polar surface area (TPSA) is 51.7 Å². The number of carbonyl (C=O) groups excluding carboxylic acids is 1. The predicted molar refractivity (Wildman–Crippen MR) is 118 cm³/mol. The van der Waals surface area contributed by atoms with Crippen molar-refractivity contribution in [3.63, 3.8) is 0 Å². The number of aromatic nitrogens is 1. The number of aryl methyl sites for hydroxylation is 1. The van der Waals surface area contributed by atoms with E-state index in [1.165, 1.54) is 30.6 Å². The van der Waals surface area contributed by atoms with Crippen LogP contribution in [0.3, 0.4) is 0 Å². The lowest BCUT2D eigenvalue weighted by atomic mass is 10.1. The first kappa shape index (κ1) is 23.6. The Kier molecular flexibility index (Phi) is 7.08. The number of esters is 1. The van der Waals surface area contributed by atoms with Gasteiger partial charge in [0.15, 0.2) is 6.61 Å². The molecule has 0 unspecified atom stereocenters. The van der Waals surface area contributed by atoms with Gasteiger partial charge in [-0.1, -0.05) is 12.1 Å². The monoisotopic (exact) mass is 464 g/mol. The third kappa shape index (κ3) is 5.40. The van der Waals surface area contributed by atoms with Gasteiger partial charge in [-0.15, -0.1) is 11.3 Å². The summed E-state index contributed by atoms with van der Waals surface area (Å²) in [6, 6.07) is 10.7. The van der Waals surface area contributed by atoms with Crippen molar-refractivity contribution < 1.29 is 27.4 Å². The van der Waals surface area contributed by atoms with E-state index < -0.39 is 17.7 Å². The predicted octanol–water partition coefficient (Wildman–Crippen LogP) is 5.89. The fourth-order valence-corrected chi connectivity index (χ4v) is 4.06. The second kappa shape index (κ2) is 9.60. The molecule has 0 aliphatic carbocycles. The maximum absolute atomic E-state index is 12.8. The van der Waals surface area contributed by atoms with Crippen LogP contribution < -0.4 is 9.64 Å². The van der Waals surface area contributed by atoms with Crippen LogP contribution in [0.5, 0.6) is 5.75 Å². The summed E-state index contributed by atoms with van der Waals surface area (Å²) in [5.74, 6) is 0.149. The average Bonchev–Trinajstić information content (AvgIpc) is 3.26. The lowest BCUT2D eigenvalue weighted by molar-refractivity contribution is -0.143. The van der Waals surface area contributed by atoms with Gasteiger partial charge in [0.25, 0.3) is 0 Å². The van der Waals surface area contributed by atoms with Gasteiger partial charge < -0.3 is 14.4 Å². The maximum Gasteiger partial charge on any atom is 0.416 e. The number of halogens is 3. The lowest BCUT2D eigenvalue weighted by Crippen LogP contribution is -2.21. The molecule has 0 saturated carbocycles. The Morgan fingerprint density at radius 3 is 2.47 bits per heavy atom. The third-order valence-corrected chi connectivity index (χ3v) is 6.33. The van der Waals surface area contributed by atoms with Crippen LogP contribution in [0.25, 0.3) is 10.6 Å². The number of hydrogen-bond acceptors (Lipinski definition) is 6. The van der Waals surface area contributed by atoms with Gasteiger partial charge in [-0.05, 0) is 49.7 Å². The minimum Gasteiger partial charge on any atom is -0.482 e. The molecule has 0 aliphatic heterocycles. The number of carbonyl (C=O) groups is 1. The summed E-state index contributed by atoms with van der Waals surface area (Å²) in [6.45, 7) is 3.77. The van der Waals surface area contributed by atoms with Crippen molar-refractivity contribution >= 4 is 23.0 Å². The van der Waals surface area contributed by atoms with E-state index in [2.05, 4.69) is 14.6 Å². The maximum atomic E-state index is 12.8. The molecule has 0 aliphatic rings. The molecule has 0 amide bonds. The van der Waals surface area contributed by atoms with Crippen molar-refractivity contribution in [1.29, 1.82) is 0 Å². The molecule has 0 saturated heterocycles. The van der Waals surface area contributed by atoms with Crippen molar-refractivity contribution in [1.82, 2.24) is 4.98 Å². The molecule has 170 valence electrons. The molecule has 5 nitrogen and oxygen atoms in total. The summed E-state index contributed by atoms with van der Waals surface area (Å²) >= 11 is 1.44. The summed E-state index contributed by atoms with van der Waals surface area (Å²) in [5, 5.41) is 0.664. The van der Waals surface area contributed by atoms with Crippen molar-refractivity contribution in [3.05, 3.63) is 64.7 Å². The Labute approximate surface area is 188 Å². The SMILES string of the molecule is COC(=O)COc1ccc(N(C)[C@H](C)c2cnc(-c3ccc(C(F)(F)F)cc3)s2)cc1C. The van der Waals surface area contributed by atoms with Gasteiger partial charge in [0, 0.05) is 29.4 Å². The second-order valence-electron chi connectivity index (χ2n) is 7.24. The Balaban J connectivity index is 1.72. The molecule has 32 heavy (non-hydrogen) atoms. The van der Waals surface area contributed by atoms with E-state index in [4.69, 9.17) is 4.74 Å². The first-order chi connectivity index (χ1) is 15.1. The number of methoxy groups -OCH3 is 1. The third-order valence-electron chi connectivity index (χ3n) is 5.11. The number of thiazole rings is 1. The molecular formula is C23H23F3N2O3S. The van der Waals surface area contributed by atoms with E-state index >= 15 is 0 Å². The van der Waals surface area contributed by atoms with Gasteiger partial charge in [0.1, 0.15) is 10.8 Å². The normalized spacial score (nSPS) is 12.3. The highest BCUT2D eigenvalue weighted by molar-refractivity contribution is 7.15. The van der Waals surface area contributed by atoms with E-state index in [-0.39, 0.29) is 12.6 Å². The van der Waals surface area contributed by atoms with Gasteiger partial charge in [-0.3, -0.25) is 0 Å². The van der Waals surface area contributed by atoms with Crippen molar-refractivity contribution in [2.45, 2.75) is 26.1 Å². The molecular weight excluding hydrogens is 441 g/mol. The molecule has 0 fully saturated rings. The number of benzene rings is 2. The zero-order valence-electron chi connectivity index (χ0n) is 18.1. The molecule has 0 spiro atoms. The van der Waals surface area contributed by atoms with Crippen molar-refractivity contribution in [2.75, 3.05) is 25.7 Å². The highest BCUT2D eigenvalue weighted by Gasteiger charge is 2.30. The van der Waals surface area contributed by atoms with Crippen LogP contribution in [0.15, 0.2) is 48.7 Å². The van der Waals surface area contributed by atoms with Crippen molar-refractivity contribution in [2.24, 2.45) is 0 Å². The summed E-state index contributed by atoms with van der Waals surface area (Å²) in [6.07, 6.45) is -2.61. The zero-order chi connectivity index (χ0) is 23.5. The van der Waals surface area contributed by atoms with Crippen molar-refractivity contribution in [3.8, 4) is 16.3 Å². The van der Waals surface area contributed by atoms with Crippen LogP contribution in [0.1, 0.15) is 29.0 Å². The van der Waals surface area contributed by atoms with E-state index in [9.17, 15) is 18.0 Å². The Bertz CT molecular complexity index is 1080. The zero-order valence-corrected chi connectivity index (χ0v) is 18.9. The van der Waals surface area contributed by atoms with E-state index in [1.54, 1.807) is 12.3 Å². The molecule has 0 N–H and O–H groups in total. The number of alkyl halides is 3. The Hall–Kier alpha value is -3.07. The summed E-state index contributed by atoms with van der Waals surface area (Å²) in [7, 11) is 3.26. The fraction of sp³-hybridized carbons (Fsp3) is 0.304. The molecule has 9 heteroatoms. The minimum atomic E-state index is -4.36. The number of hydrogen-bond donors (Lipinski definition) is 0. The van der Waals surface area contributed by atoms with E-state index in [0.717, 1.165) is 28.3 Å². The Morgan fingerprint density at radius 2 is 1.88 bits per heavy atom. The van der Waals surface area contributed by atoms with Gasteiger partial charge in [-0.25, -0.2) is 9.78 Å². The smallest absolute Gasteiger partial charge is 0.416 e. The number of anilines is 1. The van der Waals surface area contributed by atoms with E-state index in [1.807, 2.05) is 33.0 Å². The molecule has 0 radical (unpaired) electrons. The quantitative estimate of drug-likeness (QED) is 0.409. The Morgan fingerprint density at radius 1 is 1.19 bits per heavy atom. The molecule has 1 aromatic heterocycles. The summed E-state index contributed by atoms with van der Waals surface area (Å²) in [4.78, 5) is 18.7. The lowest BCUT2D eigenvalue weighted by Gasteiger charge is -2.26. The van der Waals surface area contributed by atoms with Crippen LogP contribution in [-0.2, 0) is 15.7 Å². The molecule has 3 aromatic rings. The van der Waals surface area contributed by atoms with Crippen LogP contribution >= 0.6 is 11.3 Å². The minimum absolute atomic E-state index is 0.0167. The van der Waals surface area contributed by atoms with Crippen LogP contribution in [0.2, 0.25) is 0 Å². The largest absolute Gasteiger partial charge is 0.482 e. The van der Waals surface area contributed by atoms with Crippen LogP contribution in [0, 0.1) is 6.92 Å². The first-order valence-electron chi connectivity index (χ1n) is 9.76. The highest BCUT2D eigenvalue weighted by Crippen LogP contribution is 2.36. The first-order valence-corrected chi connectivity index (χ1v) is 10.6. The highest BCUT2D eigenvalue weighted by atomic mass is 32.1. The second-order valence-corrected chi connectivity index (χ2v) is 8.31. The molecule has 1 atom stereocenters. The van der Waals surface area contributed by atoms with Crippen LogP contribution in [0.4, 0.5) is 18.9 Å². The summed E-state index contributed by atoms with van der Waals surface area (Å²) in [5.41, 5.74) is 1.79. The van der Waals surface area contributed by atoms with Gasteiger partial charge in [0.2, 0.25) is 0 Å². The van der Waals surface area contributed by atoms with E-state index in [0.29, 0.717) is 16.3 Å². The van der Waals surface area contributed by atoms with Gasteiger partial charge >= 0.3 is 12.1 Å². The molecule has 3 rings (SSSR count). The summed E-state index contributed by atoms with van der Waals surface area (Å²) < 4.78 is 48.4. The van der Waals surface area contributed by atoms with Crippen LogP contribution in [-0.4, -0.2) is 31.7 Å². The molecule has 1 heterocycles. The fourth-order valence-electron chi connectivity index (χ4n) is 3.04. The molecule has 2 aromatic carbocycles. The van der Waals surface area contributed by atoms with Gasteiger partial charge in [-0.2, -0.15) is 13.2 Å². The van der Waals surface area contributed by atoms with Gasteiger partial charge in [0.05, 0.1) is 18.7 Å². The number of ether oxygens (including phenoxy) is 2.